The first-order chi connectivity index (χ1) is 17.0. The van der Waals surface area contributed by atoms with Gasteiger partial charge in [-0.3, -0.25) is 4.79 Å². The highest BCUT2D eigenvalue weighted by Crippen LogP contribution is 2.37. The van der Waals surface area contributed by atoms with E-state index in [0.29, 0.717) is 22.1 Å². The van der Waals surface area contributed by atoms with Crippen molar-refractivity contribution in [1.29, 1.82) is 5.26 Å². The zero-order valence-corrected chi connectivity index (χ0v) is 21.0. The number of carbonyl (C=O) groups is 2. The highest BCUT2D eigenvalue weighted by molar-refractivity contribution is 9.10. The van der Waals surface area contributed by atoms with Gasteiger partial charge in [0.25, 0.3) is 5.91 Å². The number of nitrogens with zero attached hydrogens (tertiary/aromatic N) is 1. The highest BCUT2D eigenvalue weighted by Gasteiger charge is 2.24. The van der Waals surface area contributed by atoms with Gasteiger partial charge in [-0.1, -0.05) is 58.4 Å². The average molecular weight is 547 g/mol. The van der Waals surface area contributed by atoms with Crippen LogP contribution in [0.15, 0.2) is 86.6 Å². The van der Waals surface area contributed by atoms with Crippen LogP contribution in [0.1, 0.15) is 23.0 Å². The lowest BCUT2D eigenvalue weighted by atomic mass is 10.0. The predicted molar refractivity (Wildman–Crippen MR) is 140 cm³/mol. The van der Waals surface area contributed by atoms with Gasteiger partial charge in [-0.15, -0.1) is 11.3 Å². The van der Waals surface area contributed by atoms with E-state index in [1.807, 2.05) is 60.7 Å². The average Bonchev–Trinajstić information content (AvgIpc) is 3.51. The standard InChI is InChI=1S/C27H19BrN2O4S/c1-2-33-27(32)24-22(17-8-10-20(28)11-9-17)16-35-26(24)30-25(31)19(15-29)14-21-12-13-23(34-21)18-6-4-3-5-7-18/h3-14,16H,2H2,1H3,(H,30,31)/b19-14+. The van der Waals surface area contributed by atoms with Crippen molar-refractivity contribution in [2.24, 2.45) is 0 Å². The van der Waals surface area contributed by atoms with Crippen LogP contribution in [0.25, 0.3) is 28.5 Å². The van der Waals surface area contributed by atoms with Crippen LogP contribution in [0, 0.1) is 11.3 Å². The molecule has 4 aromatic rings. The number of ether oxygens (including phenoxy) is 1. The number of amides is 1. The Balaban J connectivity index is 1.62. The van der Waals surface area contributed by atoms with E-state index in [9.17, 15) is 14.9 Å². The molecule has 0 aliphatic heterocycles. The lowest BCUT2D eigenvalue weighted by Crippen LogP contribution is -2.16. The summed E-state index contributed by atoms with van der Waals surface area (Å²) in [5.41, 5.74) is 2.40. The van der Waals surface area contributed by atoms with Crippen molar-refractivity contribution in [3.05, 3.63) is 93.5 Å². The Morgan fingerprint density at radius 3 is 2.51 bits per heavy atom. The molecule has 0 saturated carbocycles. The summed E-state index contributed by atoms with van der Waals surface area (Å²) in [6.45, 7) is 1.90. The maximum Gasteiger partial charge on any atom is 0.341 e. The molecule has 35 heavy (non-hydrogen) atoms. The number of benzene rings is 2. The number of nitrogens with one attached hydrogen (secondary N) is 1. The van der Waals surface area contributed by atoms with Crippen LogP contribution in [0.3, 0.4) is 0 Å². The number of hydrogen-bond acceptors (Lipinski definition) is 6. The van der Waals surface area contributed by atoms with Crippen molar-refractivity contribution < 1.29 is 18.7 Å². The van der Waals surface area contributed by atoms with E-state index in [-0.39, 0.29) is 17.7 Å². The summed E-state index contributed by atoms with van der Waals surface area (Å²) in [6.07, 6.45) is 1.37. The topological polar surface area (TPSA) is 92.3 Å². The Kier molecular flexibility index (Phi) is 7.60. The Labute approximate surface area is 214 Å². The molecule has 174 valence electrons. The third kappa shape index (κ3) is 5.60. The van der Waals surface area contributed by atoms with E-state index in [1.165, 1.54) is 17.4 Å². The van der Waals surface area contributed by atoms with Crippen LogP contribution in [0.5, 0.6) is 0 Å². The molecule has 2 aromatic heterocycles. The minimum atomic E-state index is -0.653. The van der Waals surface area contributed by atoms with Crippen LogP contribution in [0.4, 0.5) is 5.00 Å². The molecule has 1 amide bonds. The summed E-state index contributed by atoms with van der Waals surface area (Å²) >= 11 is 4.59. The molecule has 1 N–H and O–H groups in total. The molecule has 8 heteroatoms. The lowest BCUT2D eigenvalue weighted by molar-refractivity contribution is -0.112. The molecule has 0 saturated heterocycles. The van der Waals surface area contributed by atoms with Crippen LogP contribution in [-0.2, 0) is 9.53 Å². The normalized spacial score (nSPS) is 11.1. The number of thiophene rings is 1. The second kappa shape index (κ2) is 11.0. The zero-order chi connectivity index (χ0) is 24.8. The first-order valence-electron chi connectivity index (χ1n) is 10.6. The zero-order valence-electron chi connectivity index (χ0n) is 18.6. The fraction of sp³-hybridized carbons (Fsp3) is 0.0741. The minimum Gasteiger partial charge on any atom is -0.462 e. The van der Waals surface area contributed by atoms with Gasteiger partial charge in [-0.2, -0.15) is 5.26 Å². The van der Waals surface area contributed by atoms with E-state index in [2.05, 4.69) is 21.2 Å². The second-order valence-corrected chi connectivity index (χ2v) is 9.07. The molecule has 0 spiro atoms. The third-order valence-electron chi connectivity index (χ3n) is 4.99. The quantitative estimate of drug-likeness (QED) is 0.151. The summed E-state index contributed by atoms with van der Waals surface area (Å²) < 4.78 is 11.9. The van der Waals surface area contributed by atoms with Crippen molar-refractivity contribution in [1.82, 2.24) is 0 Å². The maximum absolute atomic E-state index is 13.0. The first-order valence-corrected chi connectivity index (χ1v) is 12.3. The molecule has 2 aromatic carbocycles. The summed E-state index contributed by atoms with van der Waals surface area (Å²) in [5.74, 6) is -0.220. The maximum atomic E-state index is 13.0. The molecule has 0 bridgehead atoms. The summed E-state index contributed by atoms with van der Waals surface area (Å²) in [4.78, 5) is 25.7. The van der Waals surface area contributed by atoms with Gasteiger partial charge in [-0.25, -0.2) is 4.79 Å². The SMILES string of the molecule is CCOC(=O)c1c(-c2ccc(Br)cc2)csc1NC(=O)/C(C#N)=C/c1ccc(-c2ccccc2)o1. The number of hydrogen-bond donors (Lipinski definition) is 1. The Hall–Kier alpha value is -3.93. The number of rotatable bonds is 7. The first kappa shape index (κ1) is 24.2. The number of carbonyl (C=O) groups excluding carboxylic acids is 2. The van der Waals surface area contributed by atoms with Gasteiger partial charge in [0.05, 0.1) is 6.61 Å². The van der Waals surface area contributed by atoms with Gasteiger partial charge in [0.1, 0.15) is 33.7 Å². The third-order valence-corrected chi connectivity index (χ3v) is 6.41. The van der Waals surface area contributed by atoms with Crippen molar-refractivity contribution in [2.75, 3.05) is 11.9 Å². The highest BCUT2D eigenvalue weighted by atomic mass is 79.9. The molecule has 0 atom stereocenters. The van der Waals surface area contributed by atoms with Crippen LogP contribution in [-0.4, -0.2) is 18.5 Å². The Bertz CT molecular complexity index is 1430. The van der Waals surface area contributed by atoms with E-state index in [0.717, 1.165) is 15.6 Å². The van der Waals surface area contributed by atoms with Gasteiger partial charge in [0.2, 0.25) is 0 Å². The molecular formula is C27H19BrN2O4S. The number of anilines is 1. The van der Waals surface area contributed by atoms with E-state index in [1.54, 1.807) is 24.4 Å². The van der Waals surface area contributed by atoms with Gasteiger partial charge in [0, 0.05) is 27.1 Å². The number of furan rings is 1. The summed E-state index contributed by atoms with van der Waals surface area (Å²) in [6, 6.07) is 22.3. The Morgan fingerprint density at radius 1 is 1.09 bits per heavy atom. The van der Waals surface area contributed by atoms with Crippen molar-refractivity contribution in [3.63, 3.8) is 0 Å². The molecule has 0 aliphatic rings. The molecule has 0 aliphatic carbocycles. The molecular weight excluding hydrogens is 528 g/mol. The van der Waals surface area contributed by atoms with E-state index in [4.69, 9.17) is 9.15 Å². The van der Waals surface area contributed by atoms with Gasteiger partial charge < -0.3 is 14.5 Å². The van der Waals surface area contributed by atoms with Gasteiger partial charge >= 0.3 is 5.97 Å². The molecule has 2 heterocycles. The van der Waals surface area contributed by atoms with Crippen molar-refractivity contribution in [3.8, 4) is 28.5 Å². The lowest BCUT2D eigenvalue weighted by Gasteiger charge is -2.08. The predicted octanol–water partition coefficient (Wildman–Crippen LogP) is 7.16. The van der Waals surface area contributed by atoms with Crippen molar-refractivity contribution >= 4 is 50.2 Å². The van der Waals surface area contributed by atoms with Crippen LogP contribution < -0.4 is 5.32 Å². The van der Waals surface area contributed by atoms with E-state index >= 15 is 0 Å². The fourth-order valence-electron chi connectivity index (χ4n) is 3.35. The molecule has 4 rings (SSSR count). The van der Waals surface area contributed by atoms with Gasteiger partial charge in [-0.05, 0) is 36.8 Å². The molecule has 0 fully saturated rings. The van der Waals surface area contributed by atoms with Crippen LogP contribution in [0.2, 0.25) is 0 Å². The second-order valence-electron chi connectivity index (χ2n) is 7.27. The molecule has 6 nitrogen and oxygen atoms in total. The molecule has 0 radical (unpaired) electrons. The minimum absolute atomic E-state index is 0.160. The Morgan fingerprint density at radius 2 is 1.83 bits per heavy atom. The summed E-state index contributed by atoms with van der Waals surface area (Å²) in [7, 11) is 0. The van der Waals surface area contributed by atoms with Gasteiger partial charge in [0.15, 0.2) is 0 Å². The molecule has 0 unspecified atom stereocenters. The van der Waals surface area contributed by atoms with Crippen LogP contribution >= 0.6 is 27.3 Å². The number of esters is 1. The largest absolute Gasteiger partial charge is 0.462 e. The number of halogens is 1. The van der Waals surface area contributed by atoms with Crippen molar-refractivity contribution in [2.45, 2.75) is 6.92 Å². The fourth-order valence-corrected chi connectivity index (χ4v) is 4.56. The number of nitriles is 1. The van der Waals surface area contributed by atoms with E-state index < -0.39 is 11.9 Å². The summed E-state index contributed by atoms with van der Waals surface area (Å²) in [5, 5.41) is 14.4. The smallest absolute Gasteiger partial charge is 0.341 e. The monoisotopic (exact) mass is 546 g/mol.